The minimum Gasteiger partial charge on any atom is -0.377 e. The molecule has 2 heterocycles. The van der Waals surface area contributed by atoms with E-state index in [4.69, 9.17) is 10.5 Å². The van der Waals surface area contributed by atoms with Crippen molar-refractivity contribution in [3.8, 4) is 0 Å². The van der Waals surface area contributed by atoms with Gasteiger partial charge in [-0.15, -0.1) is 11.3 Å². The van der Waals surface area contributed by atoms with Gasteiger partial charge in [0.15, 0.2) is 0 Å². The number of ether oxygens (including phenoxy) is 1. The van der Waals surface area contributed by atoms with Crippen molar-refractivity contribution in [3.05, 3.63) is 35.2 Å². The number of nitrogens with one attached hydrogen (secondary N) is 2. The van der Waals surface area contributed by atoms with E-state index in [9.17, 15) is 9.59 Å². The number of hydrogen-bond donors (Lipinski definition) is 3. The average molecular weight is 418 g/mol. The normalized spacial score (nSPS) is 20.1. The van der Waals surface area contributed by atoms with Gasteiger partial charge in [-0.1, -0.05) is 32.0 Å². The fourth-order valence-electron chi connectivity index (χ4n) is 3.77. The molecule has 1 fully saturated rings. The quantitative estimate of drug-likeness (QED) is 0.584. The van der Waals surface area contributed by atoms with Crippen LogP contribution in [0.15, 0.2) is 30.3 Å². The zero-order chi connectivity index (χ0) is 20.8. The summed E-state index contributed by atoms with van der Waals surface area (Å²) in [5, 5.41) is 7.08. The summed E-state index contributed by atoms with van der Waals surface area (Å²) >= 11 is 1.62. The van der Waals surface area contributed by atoms with Crippen molar-refractivity contribution in [1.82, 2.24) is 10.6 Å². The second kappa shape index (κ2) is 10.2. The number of rotatable bonds is 9. The van der Waals surface area contributed by atoms with Gasteiger partial charge in [-0.25, -0.2) is 0 Å². The van der Waals surface area contributed by atoms with Crippen LogP contribution in [-0.2, 0) is 20.7 Å². The summed E-state index contributed by atoms with van der Waals surface area (Å²) in [5.74, 6) is 0.271. The van der Waals surface area contributed by atoms with Gasteiger partial charge in [0.1, 0.15) is 6.04 Å². The van der Waals surface area contributed by atoms with Crippen molar-refractivity contribution >= 4 is 33.2 Å². The lowest BCUT2D eigenvalue weighted by atomic mass is 10.00. The first-order chi connectivity index (χ1) is 14.0. The van der Waals surface area contributed by atoms with Crippen LogP contribution in [0.2, 0.25) is 0 Å². The topological polar surface area (TPSA) is 93.5 Å². The van der Waals surface area contributed by atoms with E-state index >= 15 is 0 Å². The van der Waals surface area contributed by atoms with Gasteiger partial charge in [-0.05, 0) is 36.3 Å². The fraction of sp³-hybridized carbons (Fsp3) is 0.545. The van der Waals surface area contributed by atoms with Crippen molar-refractivity contribution in [3.63, 3.8) is 0 Å². The fourth-order valence-corrected chi connectivity index (χ4v) is 4.84. The summed E-state index contributed by atoms with van der Waals surface area (Å²) in [7, 11) is 0. The third-order valence-corrected chi connectivity index (χ3v) is 6.40. The van der Waals surface area contributed by atoms with Gasteiger partial charge in [-0.2, -0.15) is 0 Å². The maximum absolute atomic E-state index is 12.8. The first kappa shape index (κ1) is 21.7. The van der Waals surface area contributed by atoms with E-state index in [1.165, 1.54) is 4.70 Å². The summed E-state index contributed by atoms with van der Waals surface area (Å²) in [4.78, 5) is 26.4. The smallest absolute Gasteiger partial charge is 0.242 e. The Morgan fingerprint density at radius 1 is 1.31 bits per heavy atom. The number of carbonyl (C=O) groups is 2. The molecule has 6 nitrogen and oxygen atoms in total. The summed E-state index contributed by atoms with van der Waals surface area (Å²) in [6.07, 6.45) is 1.79. The van der Waals surface area contributed by atoms with Crippen LogP contribution in [0.5, 0.6) is 0 Å². The number of amides is 2. The van der Waals surface area contributed by atoms with Crippen LogP contribution in [0.4, 0.5) is 0 Å². The number of benzene rings is 1. The van der Waals surface area contributed by atoms with E-state index in [-0.39, 0.29) is 30.3 Å². The lowest BCUT2D eigenvalue weighted by Crippen LogP contribution is -2.49. The predicted molar refractivity (Wildman–Crippen MR) is 117 cm³/mol. The standard InChI is InChI=1S/C22H31N3O3S/c1-14(2)9-18(22(27)24-13-16-7-8-28-19(16)12-23)25-21(26)11-17-10-15-5-3-4-6-20(15)29-17/h3-6,10,14,16,18-19H,7-9,11-13,23H2,1-2H3,(H,24,27)(H,25,26)/t16-,18+,19-/m1/s1. The molecule has 1 saturated heterocycles. The van der Waals surface area contributed by atoms with Crippen LogP contribution in [0.1, 0.15) is 31.6 Å². The maximum atomic E-state index is 12.8. The minimum absolute atomic E-state index is 0.00130. The molecule has 7 heteroatoms. The van der Waals surface area contributed by atoms with Crippen molar-refractivity contribution < 1.29 is 14.3 Å². The van der Waals surface area contributed by atoms with Crippen LogP contribution in [0, 0.1) is 11.8 Å². The van der Waals surface area contributed by atoms with E-state index in [2.05, 4.69) is 16.7 Å². The van der Waals surface area contributed by atoms with Crippen LogP contribution in [0.25, 0.3) is 10.1 Å². The molecule has 29 heavy (non-hydrogen) atoms. The van der Waals surface area contributed by atoms with Crippen molar-refractivity contribution in [2.45, 2.75) is 45.3 Å². The molecule has 1 aromatic heterocycles. The van der Waals surface area contributed by atoms with Gasteiger partial charge < -0.3 is 21.1 Å². The second-order valence-corrected chi connectivity index (χ2v) is 9.28. The molecule has 0 saturated carbocycles. The molecular formula is C22H31N3O3S. The largest absolute Gasteiger partial charge is 0.377 e. The minimum atomic E-state index is -0.532. The highest BCUT2D eigenvalue weighted by Crippen LogP contribution is 2.25. The van der Waals surface area contributed by atoms with Crippen molar-refractivity contribution in [1.29, 1.82) is 0 Å². The molecule has 3 atom stereocenters. The van der Waals surface area contributed by atoms with Crippen LogP contribution >= 0.6 is 11.3 Å². The second-order valence-electron chi connectivity index (χ2n) is 8.12. The molecule has 0 spiro atoms. The molecule has 1 aromatic carbocycles. The summed E-state index contributed by atoms with van der Waals surface area (Å²) in [5.41, 5.74) is 5.73. The number of thiophene rings is 1. The molecule has 1 aliphatic heterocycles. The number of nitrogens with two attached hydrogens (primary N) is 1. The van der Waals surface area contributed by atoms with Crippen LogP contribution < -0.4 is 16.4 Å². The molecule has 4 N–H and O–H groups in total. The molecule has 1 aliphatic rings. The maximum Gasteiger partial charge on any atom is 0.242 e. The summed E-state index contributed by atoms with van der Waals surface area (Å²) in [6.45, 7) is 5.77. The first-order valence-electron chi connectivity index (χ1n) is 10.3. The number of fused-ring (bicyclic) bond motifs is 1. The van der Waals surface area contributed by atoms with Gasteiger partial charge in [0, 0.05) is 35.2 Å². The van der Waals surface area contributed by atoms with E-state index in [1.54, 1.807) is 11.3 Å². The highest BCUT2D eigenvalue weighted by Gasteiger charge is 2.29. The third-order valence-electron chi connectivity index (χ3n) is 5.29. The highest BCUT2D eigenvalue weighted by atomic mass is 32.1. The van der Waals surface area contributed by atoms with E-state index in [0.29, 0.717) is 32.0 Å². The van der Waals surface area contributed by atoms with E-state index < -0.39 is 6.04 Å². The van der Waals surface area contributed by atoms with Gasteiger partial charge in [0.2, 0.25) is 11.8 Å². The predicted octanol–water partition coefficient (Wildman–Crippen LogP) is 2.45. The van der Waals surface area contributed by atoms with Crippen LogP contribution in [0.3, 0.4) is 0 Å². The lowest BCUT2D eigenvalue weighted by molar-refractivity contribution is -0.129. The SMILES string of the molecule is CC(C)C[C@H](NC(=O)Cc1cc2ccccc2s1)C(=O)NC[C@H]1CCO[C@@H]1CN. The molecule has 0 bridgehead atoms. The molecule has 2 aromatic rings. The molecule has 3 rings (SSSR count). The van der Waals surface area contributed by atoms with Crippen molar-refractivity contribution in [2.75, 3.05) is 19.7 Å². The Morgan fingerprint density at radius 3 is 2.83 bits per heavy atom. The van der Waals surface area contributed by atoms with E-state index in [1.807, 2.05) is 38.1 Å². The Labute approximate surface area is 176 Å². The Hall–Kier alpha value is -1.96. The Bertz CT molecular complexity index is 803. The van der Waals surface area contributed by atoms with Crippen molar-refractivity contribution in [2.24, 2.45) is 17.6 Å². The Balaban J connectivity index is 1.56. The molecular weight excluding hydrogens is 386 g/mol. The average Bonchev–Trinajstić information content (AvgIpc) is 3.30. The zero-order valence-electron chi connectivity index (χ0n) is 17.1. The monoisotopic (exact) mass is 417 g/mol. The van der Waals surface area contributed by atoms with Crippen LogP contribution in [-0.4, -0.2) is 43.7 Å². The molecule has 158 valence electrons. The van der Waals surface area contributed by atoms with Gasteiger partial charge in [0.25, 0.3) is 0 Å². The van der Waals surface area contributed by atoms with E-state index in [0.717, 1.165) is 16.7 Å². The molecule has 0 unspecified atom stereocenters. The highest BCUT2D eigenvalue weighted by molar-refractivity contribution is 7.19. The Morgan fingerprint density at radius 2 is 2.10 bits per heavy atom. The molecule has 0 radical (unpaired) electrons. The Kier molecular flexibility index (Phi) is 7.64. The number of hydrogen-bond acceptors (Lipinski definition) is 5. The third kappa shape index (κ3) is 6.01. The van der Waals surface area contributed by atoms with Gasteiger partial charge in [0.05, 0.1) is 12.5 Å². The molecule has 2 amide bonds. The molecule has 0 aliphatic carbocycles. The first-order valence-corrected chi connectivity index (χ1v) is 11.1. The number of carbonyl (C=O) groups excluding carboxylic acids is 2. The van der Waals surface area contributed by atoms with Gasteiger partial charge in [-0.3, -0.25) is 9.59 Å². The zero-order valence-corrected chi connectivity index (χ0v) is 18.0. The summed E-state index contributed by atoms with van der Waals surface area (Å²) in [6, 6.07) is 9.60. The lowest BCUT2D eigenvalue weighted by Gasteiger charge is -2.22. The van der Waals surface area contributed by atoms with Gasteiger partial charge >= 0.3 is 0 Å². The summed E-state index contributed by atoms with van der Waals surface area (Å²) < 4.78 is 6.75.